The van der Waals surface area contributed by atoms with Crippen LogP contribution in [0.2, 0.25) is 0 Å². The Morgan fingerprint density at radius 3 is 2.20 bits per heavy atom. The van der Waals surface area contributed by atoms with E-state index >= 15 is 0 Å². The summed E-state index contributed by atoms with van der Waals surface area (Å²) in [6, 6.07) is 0. The lowest BCUT2D eigenvalue weighted by Gasteiger charge is -2.14. The van der Waals surface area contributed by atoms with Crippen LogP contribution in [0.1, 0.15) is 38.5 Å². The van der Waals surface area contributed by atoms with Crippen LogP contribution >= 0.6 is 0 Å². The van der Waals surface area contributed by atoms with Crippen LogP contribution in [-0.2, 0) is 4.79 Å². The Morgan fingerprint density at radius 1 is 1.20 bits per heavy atom. The monoisotopic (exact) mass is 138 g/mol. The van der Waals surface area contributed by atoms with Crippen LogP contribution in [0, 0.1) is 11.3 Å². The second kappa shape index (κ2) is 2.08. The van der Waals surface area contributed by atoms with Gasteiger partial charge in [0.15, 0.2) is 0 Å². The van der Waals surface area contributed by atoms with Gasteiger partial charge in [-0.3, -0.25) is 0 Å². The van der Waals surface area contributed by atoms with Crippen molar-refractivity contribution in [3.8, 4) is 0 Å². The average molecular weight is 138 g/mol. The maximum absolute atomic E-state index is 10.7. The molecule has 0 aromatic carbocycles. The van der Waals surface area contributed by atoms with E-state index < -0.39 is 0 Å². The summed E-state index contributed by atoms with van der Waals surface area (Å²) in [6.07, 6.45) is 8.95. The summed E-state index contributed by atoms with van der Waals surface area (Å²) in [7, 11) is 0. The fourth-order valence-corrected chi connectivity index (χ4v) is 2.27. The molecule has 0 bridgehead atoms. The van der Waals surface area contributed by atoms with Gasteiger partial charge < -0.3 is 4.79 Å². The third-order valence-corrected chi connectivity index (χ3v) is 3.23. The highest BCUT2D eigenvalue weighted by Gasteiger charge is 2.49. The van der Waals surface area contributed by atoms with E-state index in [1.54, 1.807) is 0 Å². The fourth-order valence-electron chi connectivity index (χ4n) is 2.27. The zero-order valence-corrected chi connectivity index (χ0v) is 6.31. The summed E-state index contributed by atoms with van der Waals surface area (Å²) in [6.45, 7) is 0. The van der Waals surface area contributed by atoms with Crippen LogP contribution in [0.25, 0.3) is 0 Å². The second-order valence-electron chi connectivity index (χ2n) is 3.83. The molecule has 2 rings (SSSR count). The van der Waals surface area contributed by atoms with Gasteiger partial charge in [0.2, 0.25) is 0 Å². The summed E-state index contributed by atoms with van der Waals surface area (Å²) in [5.74, 6) is 0.769. The molecule has 0 aromatic rings. The van der Waals surface area contributed by atoms with E-state index in [4.69, 9.17) is 0 Å². The maximum atomic E-state index is 10.7. The minimum atomic E-state index is 0.191. The fraction of sp³-hybridized carbons (Fsp3) is 0.889. The Kier molecular flexibility index (Phi) is 1.33. The van der Waals surface area contributed by atoms with E-state index in [9.17, 15) is 4.79 Å². The van der Waals surface area contributed by atoms with E-state index in [1.807, 2.05) is 0 Å². The van der Waals surface area contributed by atoms with Crippen molar-refractivity contribution in [2.24, 2.45) is 11.3 Å². The van der Waals surface area contributed by atoms with Crippen LogP contribution < -0.4 is 0 Å². The number of carbonyl (C=O) groups excluding carboxylic acids is 1. The van der Waals surface area contributed by atoms with Gasteiger partial charge >= 0.3 is 0 Å². The van der Waals surface area contributed by atoms with E-state index in [2.05, 4.69) is 0 Å². The molecular weight excluding hydrogens is 124 g/mol. The van der Waals surface area contributed by atoms with Gasteiger partial charge in [-0.05, 0) is 31.6 Å². The van der Waals surface area contributed by atoms with Crippen molar-refractivity contribution < 1.29 is 4.79 Å². The smallest absolute Gasteiger partial charge is 0.126 e. The quantitative estimate of drug-likeness (QED) is 0.534. The third kappa shape index (κ3) is 0.799. The Bertz CT molecular complexity index is 141. The van der Waals surface area contributed by atoms with Gasteiger partial charge in [-0.15, -0.1) is 0 Å². The van der Waals surface area contributed by atoms with Crippen LogP contribution in [-0.4, -0.2) is 6.29 Å². The van der Waals surface area contributed by atoms with Crippen molar-refractivity contribution in [2.75, 3.05) is 0 Å². The summed E-state index contributed by atoms with van der Waals surface area (Å²) >= 11 is 0. The molecule has 0 amide bonds. The van der Waals surface area contributed by atoms with Crippen LogP contribution in [0.4, 0.5) is 0 Å². The molecule has 2 saturated carbocycles. The zero-order valence-electron chi connectivity index (χ0n) is 6.31. The summed E-state index contributed by atoms with van der Waals surface area (Å²) in [5.41, 5.74) is 0.191. The lowest BCUT2D eigenvalue weighted by atomic mass is 9.89. The number of aldehydes is 1. The molecule has 1 nitrogen and oxygen atoms in total. The van der Waals surface area contributed by atoms with E-state index in [0.717, 1.165) is 5.92 Å². The molecule has 0 saturated heterocycles. The maximum Gasteiger partial charge on any atom is 0.126 e. The van der Waals surface area contributed by atoms with Gasteiger partial charge in [-0.2, -0.15) is 0 Å². The SMILES string of the molecule is O=CC1(C2CCCC2)CC1. The summed E-state index contributed by atoms with van der Waals surface area (Å²) in [5, 5.41) is 0. The summed E-state index contributed by atoms with van der Waals surface area (Å²) in [4.78, 5) is 10.7. The van der Waals surface area contributed by atoms with Gasteiger partial charge in [0.25, 0.3) is 0 Å². The largest absolute Gasteiger partial charge is 0.303 e. The van der Waals surface area contributed by atoms with Crippen molar-refractivity contribution in [2.45, 2.75) is 38.5 Å². The van der Waals surface area contributed by atoms with Gasteiger partial charge in [0.05, 0.1) is 0 Å². The molecule has 2 fully saturated rings. The molecule has 0 heterocycles. The van der Waals surface area contributed by atoms with Crippen LogP contribution in [0.3, 0.4) is 0 Å². The molecule has 0 aliphatic heterocycles. The first kappa shape index (κ1) is 6.38. The number of carbonyl (C=O) groups is 1. The highest BCUT2D eigenvalue weighted by Crippen LogP contribution is 2.55. The van der Waals surface area contributed by atoms with Gasteiger partial charge in [0, 0.05) is 5.41 Å². The molecular formula is C9H14O. The van der Waals surface area contributed by atoms with Gasteiger partial charge in [-0.1, -0.05) is 12.8 Å². The van der Waals surface area contributed by atoms with Crippen molar-refractivity contribution >= 4 is 6.29 Å². The van der Waals surface area contributed by atoms with E-state index in [1.165, 1.54) is 44.8 Å². The Balaban J connectivity index is 2.03. The molecule has 2 aliphatic carbocycles. The van der Waals surface area contributed by atoms with Gasteiger partial charge in [0.1, 0.15) is 6.29 Å². The van der Waals surface area contributed by atoms with Crippen LogP contribution in [0.15, 0.2) is 0 Å². The Hall–Kier alpha value is -0.330. The molecule has 2 aliphatic rings. The van der Waals surface area contributed by atoms with Crippen molar-refractivity contribution in [1.29, 1.82) is 0 Å². The predicted molar refractivity (Wildman–Crippen MR) is 39.7 cm³/mol. The molecule has 1 heteroatoms. The Labute approximate surface area is 61.8 Å². The van der Waals surface area contributed by atoms with Crippen molar-refractivity contribution in [3.05, 3.63) is 0 Å². The van der Waals surface area contributed by atoms with Crippen molar-refractivity contribution in [1.82, 2.24) is 0 Å². The third-order valence-electron chi connectivity index (χ3n) is 3.23. The lowest BCUT2D eigenvalue weighted by molar-refractivity contribution is -0.113. The molecule has 56 valence electrons. The van der Waals surface area contributed by atoms with E-state index in [0.29, 0.717) is 0 Å². The first-order chi connectivity index (χ1) is 4.87. The molecule has 0 atom stereocenters. The molecule has 0 radical (unpaired) electrons. The Morgan fingerprint density at radius 2 is 1.80 bits per heavy atom. The second-order valence-corrected chi connectivity index (χ2v) is 3.83. The minimum absolute atomic E-state index is 0.191. The highest BCUT2D eigenvalue weighted by atomic mass is 16.1. The van der Waals surface area contributed by atoms with Gasteiger partial charge in [-0.25, -0.2) is 0 Å². The van der Waals surface area contributed by atoms with Crippen molar-refractivity contribution in [3.63, 3.8) is 0 Å². The standard InChI is InChI=1S/C9H14O/c10-7-9(5-6-9)8-3-1-2-4-8/h7-8H,1-6H2. The molecule has 0 spiro atoms. The first-order valence-electron chi connectivity index (χ1n) is 4.34. The first-order valence-corrected chi connectivity index (χ1v) is 4.34. The summed E-state index contributed by atoms with van der Waals surface area (Å²) < 4.78 is 0. The zero-order chi connectivity index (χ0) is 7.03. The normalized spacial score (nSPS) is 30.4. The predicted octanol–water partition coefficient (Wildman–Crippen LogP) is 2.16. The molecule has 0 unspecified atom stereocenters. The molecule has 0 aromatic heterocycles. The lowest BCUT2D eigenvalue weighted by Crippen LogP contribution is -2.13. The number of hydrogen-bond donors (Lipinski definition) is 0. The molecule has 10 heavy (non-hydrogen) atoms. The number of rotatable bonds is 2. The highest BCUT2D eigenvalue weighted by molar-refractivity contribution is 5.64. The molecule has 0 N–H and O–H groups in total. The minimum Gasteiger partial charge on any atom is -0.303 e. The number of hydrogen-bond acceptors (Lipinski definition) is 1. The topological polar surface area (TPSA) is 17.1 Å². The average Bonchev–Trinajstić information content (AvgIpc) is 2.58. The van der Waals surface area contributed by atoms with E-state index in [-0.39, 0.29) is 5.41 Å². The van der Waals surface area contributed by atoms with Crippen LogP contribution in [0.5, 0.6) is 0 Å².